The fourth-order valence-corrected chi connectivity index (χ4v) is 4.89. The van der Waals surface area contributed by atoms with Gasteiger partial charge in [-0.2, -0.15) is 0 Å². The van der Waals surface area contributed by atoms with Gasteiger partial charge < -0.3 is 5.73 Å². The Morgan fingerprint density at radius 3 is 2.22 bits per heavy atom. The lowest BCUT2D eigenvalue weighted by Crippen LogP contribution is -2.56. The molecule has 18 heavy (non-hydrogen) atoms. The summed E-state index contributed by atoms with van der Waals surface area (Å²) in [6.07, 6.45) is 13.0. The molecule has 3 rings (SSSR count). The Morgan fingerprint density at radius 1 is 1.06 bits per heavy atom. The van der Waals surface area contributed by atoms with Crippen LogP contribution < -0.4 is 5.73 Å². The summed E-state index contributed by atoms with van der Waals surface area (Å²) in [5, 5.41) is 0. The average molecular weight is 250 g/mol. The minimum absolute atomic E-state index is 0.374. The first kappa shape index (κ1) is 12.9. The second-order valence-electron chi connectivity index (χ2n) is 7.48. The van der Waals surface area contributed by atoms with Crippen LogP contribution in [0.5, 0.6) is 0 Å². The molecule has 104 valence electrons. The normalized spacial score (nSPS) is 35.3. The zero-order chi connectivity index (χ0) is 12.6. The standard InChI is InChI=1S/C16H30N2/c1-14-4-11-18(12-14)16(13-17)9-7-15(8-10-16)5-2-3-6-15/h14H,2-13,17H2,1H3. The summed E-state index contributed by atoms with van der Waals surface area (Å²) in [6.45, 7) is 5.87. The van der Waals surface area contributed by atoms with Crippen LogP contribution in [-0.2, 0) is 0 Å². The second-order valence-corrected chi connectivity index (χ2v) is 7.48. The monoisotopic (exact) mass is 250 g/mol. The maximum absolute atomic E-state index is 6.21. The maximum atomic E-state index is 6.21. The number of nitrogens with two attached hydrogens (primary N) is 1. The van der Waals surface area contributed by atoms with Crippen LogP contribution in [0.15, 0.2) is 0 Å². The van der Waals surface area contributed by atoms with Crippen molar-refractivity contribution in [3.63, 3.8) is 0 Å². The Kier molecular flexibility index (Phi) is 3.44. The quantitative estimate of drug-likeness (QED) is 0.815. The molecule has 3 fully saturated rings. The molecule has 1 atom stereocenters. The van der Waals surface area contributed by atoms with E-state index in [4.69, 9.17) is 5.73 Å². The molecule has 2 heteroatoms. The van der Waals surface area contributed by atoms with Crippen LogP contribution in [0.4, 0.5) is 0 Å². The minimum Gasteiger partial charge on any atom is -0.329 e. The minimum atomic E-state index is 0.374. The summed E-state index contributed by atoms with van der Waals surface area (Å²) in [7, 11) is 0. The molecule has 0 aromatic rings. The molecule has 1 aliphatic heterocycles. The van der Waals surface area contributed by atoms with E-state index < -0.39 is 0 Å². The molecule has 1 saturated heterocycles. The number of nitrogens with zero attached hydrogens (tertiary/aromatic N) is 1. The fraction of sp³-hybridized carbons (Fsp3) is 1.00. The number of hydrogen-bond donors (Lipinski definition) is 1. The highest BCUT2D eigenvalue weighted by Gasteiger charge is 2.46. The Balaban J connectivity index is 1.67. The molecule has 2 N–H and O–H groups in total. The van der Waals surface area contributed by atoms with Gasteiger partial charge in [0.15, 0.2) is 0 Å². The maximum Gasteiger partial charge on any atom is 0.0332 e. The largest absolute Gasteiger partial charge is 0.329 e. The van der Waals surface area contributed by atoms with E-state index >= 15 is 0 Å². The SMILES string of the molecule is CC1CCN(C2(CN)CCC3(CCCC3)CC2)C1. The van der Waals surface area contributed by atoms with E-state index in [2.05, 4.69) is 11.8 Å². The molecule has 0 aromatic heterocycles. The van der Waals surface area contributed by atoms with Gasteiger partial charge in [0.1, 0.15) is 0 Å². The molecule has 0 radical (unpaired) electrons. The molecule has 1 unspecified atom stereocenters. The van der Waals surface area contributed by atoms with Crippen LogP contribution in [0.25, 0.3) is 0 Å². The lowest BCUT2D eigenvalue weighted by Gasteiger charge is -2.49. The molecule has 1 spiro atoms. The van der Waals surface area contributed by atoms with Gasteiger partial charge in [0, 0.05) is 18.6 Å². The van der Waals surface area contributed by atoms with Crippen LogP contribution in [-0.4, -0.2) is 30.1 Å². The van der Waals surface area contributed by atoms with Crippen molar-refractivity contribution in [3.05, 3.63) is 0 Å². The summed E-state index contributed by atoms with van der Waals surface area (Å²) in [6, 6.07) is 0. The van der Waals surface area contributed by atoms with Gasteiger partial charge in [-0.25, -0.2) is 0 Å². The van der Waals surface area contributed by atoms with Gasteiger partial charge in [-0.05, 0) is 62.8 Å². The molecule has 0 amide bonds. The smallest absolute Gasteiger partial charge is 0.0332 e. The lowest BCUT2D eigenvalue weighted by molar-refractivity contribution is 0.0271. The summed E-state index contributed by atoms with van der Waals surface area (Å²) >= 11 is 0. The third-order valence-corrected chi connectivity index (χ3v) is 6.38. The second kappa shape index (κ2) is 4.79. The molecule has 1 heterocycles. The summed E-state index contributed by atoms with van der Waals surface area (Å²) < 4.78 is 0. The topological polar surface area (TPSA) is 29.3 Å². The van der Waals surface area contributed by atoms with Gasteiger partial charge in [-0.3, -0.25) is 4.90 Å². The fourth-order valence-electron chi connectivity index (χ4n) is 4.89. The Hall–Kier alpha value is -0.0800. The van der Waals surface area contributed by atoms with Crippen LogP contribution in [0.3, 0.4) is 0 Å². The van der Waals surface area contributed by atoms with Crippen LogP contribution >= 0.6 is 0 Å². The number of likely N-dealkylation sites (tertiary alicyclic amines) is 1. The number of rotatable bonds is 2. The third-order valence-electron chi connectivity index (χ3n) is 6.38. The molecular formula is C16H30N2. The molecule has 2 aliphatic carbocycles. The highest BCUT2D eigenvalue weighted by atomic mass is 15.2. The van der Waals surface area contributed by atoms with Crippen molar-refractivity contribution in [3.8, 4) is 0 Å². The van der Waals surface area contributed by atoms with E-state index in [0.717, 1.165) is 17.9 Å². The lowest BCUT2D eigenvalue weighted by atomic mass is 9.66. The first-order chi connectivity index (χ1) is 8.68. The first-order valence-electron chi connectivity index (χ1n) is 8.13. The zero-order valence-corrected chi connectivity index (χ0v) is 12.1. The third kappa shape index (κ3) is 2.12. The van der Waals surface area contributed by atoms with Crippen LogP contribution in [0, 0.1) is 11.3 Å². The van der Waals surface area contributed by atoms with Gasteiger partial charge >= 0.3 is 0 Å². The summed E-state index contributed by atoms with van der Waals surface area (Å²) in [5.74, 6) is 0.885. The van der Waals surface area contributed by atoms with Crippen molar-refractivity contribution < 1.29 is 0 Å². The average Bonchev–Trinajstić information content (AvgIpc) is 3.01. The van der Waals surface area contributed by atoms with E-state index in [1.165, 1.54) is 70.9 Å². The van der Waals surface area contributed by atoms with Crippen LogP contribution in [0.1, 0.15) is 64.7 Å². The van der Waals surface area contributed by atoms with Crippen molar-refractivity contribution in [1.29, 1.82) is 0 Å². The molecular weight excluding hydrogens is 220 g/mol. The van der Waals surface area contributed by atoms with Gasteiger partial charge in [-0.15, -0.1) is 0 Å². The first-order valence-corrected chi connectivity index (χ1v) is 8.13. The summed E-state index contributed by atoms with van der Waals surface area (Å²) in [4.78, 5) is 2.75. The summed E-state index contributed by atoms with van der Waals surface area (Å²) in [5.41, 5.74) is 7.32. The highest BCUT2D eigenvalue weighted by Crippen LogP contribution is 2.52. The molecule has 2 nitrogen and oxygen atoms in total. The van der Waals surface area contributed by atoms with Gasteiger partial charge in [0.25, 0.3) is 0 Å². The number of hydrogen-bond acceptors (Lipinski definition) is 2. The predicted octanol–water partition coefficient (Wildman–Crippen LogP) is 3.16. The van der Waals surface area contributed by atoms with Crippen molar-refractivity contribution in [1.82, 2.24) is 4.90 Å². The van der Waals surface area contributed by atoms with Crippen molar-refractivity contribution in [2.24, 2.45) is 17.1 Å². The van der Waals surface area contributed by atoms with E-state index in [-0.39, 0.29) is 0 Å². The van der Waals surface area contributed by atoms with E-state index in [9.17, 15) is 0 Å². The van der Waals surface area contributed by atoms with Crippen molar-refractivity contribution in [2.75, 3.05) is 19.6 Å². The van der Waals surface area contributed by atoms with E-state index in [1.807, 2.05) is 0 Å². The predicted molar refractivity (Wildman–Crippen MR) is 76.5 cm³/mol. The molecule has 3 aliphatic rings. The van der Waals surface area contributed by atoms with E-state index in [0.29, 0.717) is 5.54 Å². The Labute approximate surface area is 112 Å². The molecule has 0 bridgehead atoms. The molecule has 0 aromatic carbocycles. The Morgan fingerprint density at radius 2 is 1.72 bits per heavy atom. The van der Waals surface area contributed by atoms with E-state index in [1.54, 1.807) is 0 Å². The highest BCUT2D eigenvalue weighted by molar-refractivity contribution is 5.02. The Bertz CT molecular complexity index is 283. The van der Waals surface area contributed by atoms with Crippen molar-refractivity contribution >= 4 is 0 Å². The van der Waals surface area contributed by atoms with Gasteiger partial charge in [0.2, 0.25) is 0 Å². The van der Waals surface area contributed by atoms with Gasteiger partial charge in [-0.1, -0.05) is 19.8 Å². The van der Waals surface area contributed by atoms with Gasteiger partial charge in [0.05, 0.1) is 0 Å². The van der Waals surface area contributed by atoms with Crippen molar-refractivity contribution in [2.45, 2.75) is 70.3 Å². The van der Waals surface area contributed by atoms with Crippen LogP contribution in [0.2, 0.25) is 0 Å². The zero-order valence-electron chi connectivity index (χ0n) is 12.1. The molecule has 2 saturated carbocycles.